The summed E-state index contributed by atoms with van der Waals surface area (Å²) in [6.07, 6.45) is 1.65. The Morgan fingerprint density at radius 2 is 1.74 bits per heavy atom. The van der Waals surface area contributed by atoms with Crippen molar-refractivity contribution in [2.45, 2.75) is 44.6 Å². The Labute approximate surface area is 202 Å². The maximum absolute atomic E-state index is 13.0. The van der Waals surface area contributed by atoms with Crippen molar-refractivity contribution in [3.63, 3.8) is 0 Å². The number of benzene rings is 2. The number of anilines is 1. The van der Waals surface area contributed by atoms with E-state index in [-0.39, 0.29) is 28.7 Å². The Morgan fingerprint density at radius 3 is 2.35 bits per heavy atom. The van der Waals surface area contributed by atoms with E-state index in [4.69, 9.17) is 0 Å². The molecule has 0 bridgehead atoms. The fourth-order valence-corrected chi connectivity index (χ4v) is 5.66. The predicted octanol–water partition coefficient (Wildman–Crippen LogP) is 2.68. The van der Waals surface area contributed by atoms with Gasteiger partial charge in [-0.3, -0.25) is 14.5 Å². The van der Waals surface area contributed by atoms with Gasteiger partial charge in [-0.1, -0.05) is 18.2 Å². The van der Waals surface area contributed by atoms with Crippen molar-refractivity contribution in [2.24, 2.45) is 5.92 Å². The molecule has 1 fully saturated rings. The van der Waals surface area contributed by atoms with Gasteiger partial charge >= 0.3 is 0 Å². The van der Waals surface area contributed by atoms with Gasteiger partial charge in [0, 0.05) is 24.3 Å². The van der Waals surface area contributed by atoms with E-state index in [0.29, 0.717) is 23.4 Å². The van der Waals surface area contributed by atoms with Gasteiger partial charge in [0.15, 0.2) is 0 Å². The minimum atomic E-state index is -3.71. The second kappa shape index (κ2) is 11.1. The van der Waals surface area contributed by atoms with Crippen molar-refractivity contribution in [1.82, 2.24) is 14.9 Å². The third-order valence-corrected chi connectivity index (χ3v) is 8.03. The van der Waals surface area contributed by atoms with Crippen molar-refractivity contribution in [3.8, 4) is 0 Å². The molecular formula is C25H34N4O4S. The highest BCUT2D eigenvalue weighted by atomic mass is 32.2. The van der Waals surface area contributed by atoms with Crippen LogP contribution in [0.5, 0.6) is 0 Å². The zero-order valence-corrected chi connectivity index (χ0v) is 21.0. The first kappa shape index (κ1) is 25.9. The van der Waals surface area contributed by atoms with Crippen LogP contribution in [0.3, 0.4) is 0 Å². The Bertz CT molecular complexity index is 1140. The summed E-state index contributed by atoms with van der Waals surface area (Å²) >= 11 is 0. The molecule has 34 heavy (non-hydrogen) atoms. The van der Waals surface area contributed by atoms with Gasteiger partial charge < -0.3 is 10.6 Å². The number of hydrogen-bond acceptors (Lipinski definition) is 5. The molecule has 1 aliphatic heterocycles. The molecule has 184 valence electrons. The van der Waals surface area contributed by atoms with Crippen LogP contribution >= 0.6 is 0 Å². The predicted molar refractivity (Wildman–Crippen MR) is 133 cm³/mol. The van der Waals surface area contributed by atoms with Crippen LogP contribution in [0, 0.1) is 19.8 Å². The van der Waals surface area contributed by atoms with Gasteiger partial charge in [0.1, 0.15) is 0 Å². The largest absolute Gasteiger partial charge is 0.358 e. The number of carbonyl (C=O) groups excluding carboxylic acids is 2. The lowest BCUT2D eigenvalue weighted by molar-refractivity contribution is -0.122. The highest BCUT2D eigenvalue weighted by molar-refractivity contribution is 7.89. The van der Waals surface area contributed by atoms with Gasteiger partial charge in [0.2, 0.25) is 15.9 Å². The third-order valence-electron chi connectivity index (χ3n) is 6.47. The molecule has 2 aromatic rings. The summed E-state index contributed by atoms with van der Waals surface area (Å²) in [7, 11) is -2.09. The molecule has 0 radical (unpaired) electrons. The number of nitrogens with zero attached hydrogens (tertiary/aromatic N) is 1. The van der Waals surface area contributed by atoms with Crippen molar-refractivity contribution in [3.05, 3.63) is 59.2 Å². The molecule has 1 heterocycles. The quantitative estimate of drug-likeness (QED) is 0.532. The lowest BCUT2D eigenvalue weighted by Crippen LogP contribution is -2.46. The molecule has 2 amide bonds. The van der Waals surface area contributed by atoms with Crippen LogP contribution in [-0.2, 0) is 14.8 Å². The normalized spacial score (nSPS) is 16.1. The van der Waals surface area contributed by atoms with Gasteiger partial charge in [-0.2, -0.15) is 0 Å². The van der Waals surface area contributed by atoms with Crippen molar-refractivity contribution in [1.29, 1.82) is 0 Å². The molecule has 1 unspecified atom stereocenters. The van der Waals surface area contributed by atoms with Gasteiger partial charge in [-0.15, -0.1) is 0 Å². The number of rotatable bonds is 8. The second-order valence-electron chi connectivity index (χ2n) is 8.94. The number of piperidine rings is 1. The maximum Gasteiger partial charge on any atom is 0.255 e. The molecule has 3 rings (SSSR count). The van der Waals surface area contributed by atoms with E-state index < -0.39 is 10.0 Å². The highest BCUT2D eigenvalue weighted by Gasteiger charge is 2.28. The lowest BCUT2D eigenvalue weighted by Gasteiger charge is -2.34. The number of hydrogen-bond donors (Lipinski definition) is 3. The summed E-state index contributed by atoms with van der Waals surface area (Å²) in [5.74, 6) is -0.0445. The summed E-state index contributed by atoms with van der Waals surface area (Å²) < 4.78 is 28.9. The third kappa shape index (κ3) is 6.43. The van der Waals surface area contributed by atoms with E-state index in [1.165, 1.54) is 6.07 Å². The van der Waals surface area contributed by atoms with Crippen LogP contribution in [-0.4, -0.2) is 57.9 Å². The summed E-state index contributed by atoms with van der Waals surface area (Å²) in [6, 6.07) is 11.8. The number of nitrogens with one attached hydrogen (secondary N) is 3. The van der Waals surface area contributed by atoms with Crippen LogP contribution in [0.2, 0.25) is 0 Å². The standard InChI is InChI=1S/C25H34N4O4S/c1-17-7-5-6-8-22(17)25(31)27-23-10-9-21(15-18(23)2)34(32,33)28-19(3)20-11-13-29(14-12-20)16-24(30)26-4/h5-10,15,19-20,28H,11-14,16H2,1-4H3,(H,26,30)(H,27,31). The number of likely N-dealkylation sites (N-methyl/N-ethyl adjacent to an activating group) is 1. The van der Waals surface area contributed by atoms with Crippen LogP contribution in [0.1, 0.15) is 41.3 Å². The molecule has 1 atom stereocenters. The SMILES string of the molecule is CNC(=O)CN1CCC(C(C)NS(=O)(=O)c2ccc(NC(=O)c3ccccc3C)c(C)c2)CC1. The topological polar surface area (TPSA) is 108 Å². The molecule has 0 aromatic heterocycles. The minimum absolute atomic E-state index is 0.0129. The van der Waals surface area contributed by atoms with Gasteiger partial charge in [-0.25, -0.2) is 13.1 Å². The average molecular weight is 487 g/mol. The molecule has 1 saturated heterocycles. The summed E-state index contributed by atoms with van der Waals surface area (Å²) in [5.41, 5.74) is 2.69. The fourth-order valence-electron chi connectivity index (χ4n) is 4.26. The fraction of sp³-hybridized carbons (Fsp3) is 0.440. The van der Waals surface area contributed by atoms with Crippen LogP contribution in [0.25, 0.3) is 0 Å². The smallest absolute Gasteiger partial charge is 0.255 e. The first-order chi connectivity index (χ1) is 16.1. The Morgan fingerprint density at radius 1 is 1.06 bits per heavy atom. The van der Waals surface area contributed by atoms with E-state index in [1.807, 2.05) is 32.0 Å². The van der Waals surface area contributed by atoms with Gasteiger partial charge in [0.25, 0.3) is 5.91 Å². The molecule has 0 spiro atoms. The number of likely N-dealkylation sites (tertiary alicyclic amines) is 1. The first-order valence-electron chi connectivity index (χ1n) is 11.5. The monoisotopic (exact) mass is 486 g/mol. The number of sulfonamides is 1. The summed E-state index contributed by atoms with van der Waals surface area (Å²) in [4.78, 5) is 26.4. The van der Waals surface area contributed by atoms with Crippen LogP contribution < -0.4 is 15.4 Å². The molecule has 0 aliphatic carbocycles. The molecule has 3 N–H and O–H groups in total. The molecule has 9 heteroatoms. The number of carbonyl (C=O) groups is 2. The van der Waals surface area contributed by atoms with Gasteiger partial charge in [-0.05, 0) is 88.0 Å². The lowest BCUT2D eigenvalue weighted by atomic mass is 9.91. The van der Waals surface area contributed by atoms with Crippen molar-refractivity contribution < 1.29 is 18.0 Å². The maximum atomic E-state index is 13.0. The number of aryl methyl sites for hydroxylation is 2. The van der Waals surface area contributed by atoms with Crippen molar-refractivity contribution in [2.75, 3.05) is 32.0 Å². The average Bonchev–Trinajstić information content (AvgIpc) is 2.80. The Balaban J connectivity index is 1.62. The Hall–Kier alpha value is -2.75. The van der Waals surface area contributed by atoms with E-state index in [2.05, 4.69) is 20.3 Å². The summed E-state index contributed by atoms with van der Waals surface area (Å²) in [6.45, 7) is 7.43. The molecule has 8 nitrogen and oxygen atoms in total. The minimum Gasteiger partial charge on any atom is -0.358 e. The van der Waals surface area contributed by atoms with E-state index in [0.717, 1.165) is 31.5 Å². The Kier molecular flexibility index (Phi) is 8.46. The zero-order chi connectivity index (χ0) is 24.9. The van der Waals surface area contributed by atoms with Gasteiger partial charge in [0.05, 0.1) is 11.4 Å². The first-order valence-corrected chi connectivity index (χ1v) is 13.0. The molecular weight excluding hydrogens is 452 g/mol. The van der Waals surface area contributed by atoms with Crippen LogP contribution in [0.4, 0.5) is 5.69 Å². The zero-order valence-electron chi connectivity index (χ0n) is 20.2. The highest BCUT2D eigenvalue weighted by Crippen LogP contribution is 2.24. The van der Waals surface area contributed by atoms with E-state index >= 15 is 0 Å². The van der Waals surface area contributed by atoms with E-state index in [1.54, 1.807) is 32.2 Å². The second-order valence-corrected chi connectivity index (χ2v) is 10.7. The van der Waals surface area contributed by atoms with Crippen molar-refractivity contribution >= 4 is 27.5 Å². The summed E-state index contributed by atoms with van der Waals surface area (Å²) in [5, 5.41) is 5.50. The number of amides is 2. The molecule has 1 aliphatic rings. The van der Waals surface area contributed by atoms with E-state index in [9.17, 15) is 18.0 Å². The van der Waals surface area contributed by atoms with Crippen LogP contribution in [0.15, 0.2) is 47.4 Å². The molecule has 0 saturated carbocycles. The molecule has 2 aromatic carbocycles.